The number of Topliss-reactive ketones (excluding diaryl/α,β-unsaturated/α-hetero) is 1. The van der Waals surface area contributed by atoms with E-state index in [2.05, 4.69) is 6.07 Å². The Labute approximate surface area is 94.6 Å². The monoisotopic (exact) mass is 215 g/mol. The van der Waals surface area contributed by atoms with E-state index in [1.54, 1.807) is 19.2 Å². The number of rotatable bonds is 2. The Bertz CT molecular complexity index is 487. The summed E-state index contributed by atoms with van der Waals surface area (Å²) in [5.41, 5.74) is 1.17. The molecule has 0 amide bonds. The summed E-state index contributed by atoms with van der Waals surface area (Å²) in [4.78, 5) is 12.1. The molecule has 0 fully saturated rings. The van der Waals surface area contributed by atoms with Gasteiger partial charge in [0.2, 0.25) is 0 Å². The van der Waals surface area contributed by atoms with Gasteiger partial charge in [0.15, 0.2) is 5.78 Å². The third-order valence-corrected chi connectivity index (χ3v) is 3.16. The van der Waals surface area contributed by atoms with Gasteiger partial charge in [-0.05, 0) is 30.2 Å². The SMILES string of the molecule is COc1ccc2c(c1)CC(C)(CC#N)C2=O. The van der Waals surface area contributed by atoms with E-state index in [-0.39, 0.29) is 12.2 Å². The Balaban J connectivity index is 2.42. The Morgan fingerprint density at radius 3 is 2.94 bits per heavy atom. The standard InChI is InChI=1S/C13H13NO2/c1-13(5-6-14)8-9-7-10(16-2)3-4-11(9)12(13)15/h3-4,7H,5,8H2,1-2H3. The van der Waals surface area contributed by atoms with E-state index in [1.807, 2.05) is 13.0 Å². The Hall–Kier alpha value is -1.82. The van der Waals surface area contributed by atoms with Crippen LogP contribution in [0.15, 0.2) is 18.2 Å². The number of ketones is 1. The zero-order valence-electron chi connectivity index (χ0n) is 9.41. The maximum atomic E-state index is 12.1. The fourth-order valence-electron chi connectivity index (χ4n) is 2.21. The van der Waals surface area contributed by atoms with Crippen molar-refractivity contribution in [2.75, 3.05) is 7.11 Å². The summed E-state index contributed by atoms with van der Waals surface area (Å²) < 4.78 is 5.13. The molecule has 1 unspecified atom stereocenters. The van der Waals surface area contributed by atoms with Gasteiger partial charge in [-0.1, -0.05) is 6.92 Å². The first-order valence-corrected chi connectivity index (χ1v) is 5.19. The van der Waals surface area contributed by atoms with Crippen molar-refractivity contribution >= 4 is 5.78 Å². The molecular formula is C13H13NO2. The van der Waals surface area contributed by atoms with Crippen LogP contribution in [0.4, 0.5) is 0 Å². The van der Waals surface area contributed by atoms with Crippen LogP contribution in [0.1, 0.15) is 29.3 Å². The molecule has 1 atom stereocenters. The van der Waals surface area contributed by atoms with Crippen LogP contribution in [-0.4, -0.2) is 12.9 Å². The molecular weight excluding hydrogens is 202 g/mol. The molecule has 1 aromatic rings. The van der Waals surface area contributed by atoms with Gasteiger partial charge < -0.3 is 4.74 Å². The molecule has 0 aromatic heterocycles. The van der Waals surface area contributed by atoms with E-state index in [4.69, 9.17) is 10.00 Å². The predicted molar refractivity (Wildman–Crippen MR) is 59.4 cm³/mol. The van der Waals surface area contributed by atoms with Gasteiger partial charge in [0.1, 0.15) is 5.75 Å². The van der Waals surface area contributed by atoms with Crippen molar-refractivity contribution in [3.63, 3.8) is 0 Å². The predicted octanol–water partition coefficient (Wildman–Crippen LogP) is 2.35. The highest BCUT2D eigenvalue weighted by Gasteiger charge is 2.41. The number of hydrogen-bond acceptors (Lipinski definition) is 3. The van der Waals surface area contributed by atoms with Gasteiger partial charge in [-0.3, -0.25) is 4.79 Å². The van der Waals surface area contributed by atoms with Crippen molar-refractivity contribution in [2.45, 2.75) is 19.8 Å². The fraction of sp³-hybridized carbons (Fsp3) is 0.385. The van der Waals surface area contributed by atoms with Crippen molar-refractivity contribution in [1.82, 2.24) is 0 Å². The van der Waals surface area contributed by atoms with Crippen molar-refractivity contribution in [3.8, 4) is 11.8 Å². The van der Waals surface area contributed by atoms with Crippen LogP contribution in [-0.2, 0) is 6.42 Å². The van der Waals surface area contributed by atoms with Crippen LogP contribution in [0.3, 0.4) is 0 Å². The number of benzene rings is 1. The maximum Gasteiger partial charge on any atom is 0.170 e. The molecule has 0 bridgehead atoms. The number of ether oxygens (including phenoxy) is 1. The van der Waals surface area contributed by atoms with E-state index >= 15 is 0 Å². The average molecular weight is 215 g/mol. The van der Waals surface area contributed by atoms with Gasteiger partial charge in [-0.25, -0.2) is 0 Å². The second-order valence-corrected chi connectivity index (χ2v) is 4.42. The van der Waals surface area contributed by atoms with Crippen LogP contribution < -0.4 is 4.74 Å². The Morgan fingerprint density at radius 2 is 2.31 bits per heavy atom. The highest BCUT2D eigenvalue weighted by atomic mass is 16.5. The third kappa shape index (κ3) is 1.47. The van der Waals surface area contributed by atoms with Gasteiger partial charge in [0.05, 0.1) is 13.2 Å². The lowest BCUT2D eigenvalue weighted by Gasteiger charge is -2.16. The molecule has 82 valence electrons. The van der Waals surface area contributed by atoms with Gasteiger partial charge in [-0.2, -0.15) is 5.26 Å². The van der Waals surface area contributed by atoms with Gasteiger partial charge in [0, 0.05) is 17.4 Å². The fourth-order valence-corrected chi connectivity index (χ4v) is 2.21. The highest BCUT2D eigenvalue weighted by molar-refractivity contribution is 6.05. The van der Waals surface area contributed by atoms with Crippen molar-refractivity contribution in [3.05, 3.63) is 29.3 Å². The van der Waals surface area contributed by atoms with Crippen LogP contribution in [0.2, 0.25) is 0 Å². The molecule has 1 aliphatic rings. The second kappa shape index (κ2) is 3.64. The van der Waals surface area contributed by atoms with Crippen molar-refractivity contribution in [1.29, 1.82) is 5.26 Å². The lowest BCUT2D eigenvalue weighted by atomic mass is 9.83. The Kier molecular flexibility index (Phi) is 2.43. The number of hydrogen-bond donors (Lipinski definition) is 0. The van der Waals surface area contributed by atoms with Crippen molar-refractivity contribution < 1.29 is 9.53 Å². The Morgan fingerprint density at radius 1 is 1.56 bits per heavy atom. The van der Waals surface area contributed by atoms with Crippen LogP contribution in [0.25, 0.3) is 0 Å². The summed E-state index contributed by atoms with van der Waals surface area (Å²) in [6, 6.07) is 7.55. The molecule has 3 heteroatoms. The normalized spacial score (nSPS) is 22.7. The lowest BCUT2D eigenvalue weighted by molar-refractivity contribution is 0.0847. The van der Waals surface area contributed by atoms with Crippen molar-refractivity contribution in [2.24, 2.45) is 5.41 Å². The minimum absolute atomic E-state index is 0.0757. The topological polar surface area (TPSA) is 50.1 Å². The molecule has 0 aliphatic heterocycles. The maximum absolute atomic E-state index is 12.1. The molecule has 1 aliphatic carbocycles. The summed E-state index contributed by atoms with van der Waals surface area (Å²) in [6.45, 7) is 1.85. The summed E-state index contributed by atoms with van der Waals surface area (Å²) in [7, 11) is 1.60. The lowest BCUT2D eigenvalue weighted by Crippen LogP contribution is -2.23. The quantitative estimate of drug-likeness (QED) is 0.760. The molecule has 0 heterocycles. The molecule has 2 rings (SSSR count). The number of nitriles is 1. The molecule has 0 saturated carbocycles. The summed E-state index contributed by atoms with van der Waals surface area (Å²) in [6.07, 6.45) is 0.898. The number of methoxy groups -OCH3 is 1. The van der Waals surface area contributed by atoms with Gasteiger partial charge >= 0.3 is 0 Å². The van der Waals surface area contributed by atoms with Gasteiger partial charge in [-0.15, -0.1) is 0 Å². The number of carbonyl (C=O) groups is 1. The molecule has 0 spiro atoms. The molecule has 0 radical (unpaired) electrons. The zero-order valence-corrected chi connectivity index (χ0v) is 9.41. The molecule has 16 heavy (non-hydrogen) atoms. The van der Waals surface area contributed by atoms with E-state index in [0.717, 1.165) is 16.9 Å². The largest absolute Gasteiger partial charge is 0.497 e. The first-order chi connectivity index (χ1) is 7.60. The highest BCUT2D eigenvalue weighted by Crippen LogP contribution is 2.40. The molecule has 0 saturated heterocycles. The van der Waals surface area contributed by atoms with E-state index in [0.29, 0.717) is 6.42 Å². The minimum Gasteiger partial charge on any atom is -0.497 e. The summed E-state index contributed by atoms with van der Waals surface area (Å²) in [5, 5.41) is 8.76. The van der Waals surface area contributed by atoms with E-state index < -0.39 is 5.41 Å². The molecule has 0 N–H and O–H groups in total. The zero-order chi connectivity index (χ0) is 11.8. The smallest absolute Gasteiger partial charge is 0.170 e. The van der Waals surface area contributed by atoms with Crippen LogP contribution in [0.5, 0.6) is 5.75 Å². The second-order valence-electron chi connectivity index (χ2n) is 4.42. The third-order valence-electron chi connectivity index (χ3n) is 3.16. The number of carbonyl (C=O) groups excluding carboxylic acids is 1. The van der Waals surface area contributed by atoms with Crippen LogP contribution in [0, 0.1) is 16.7 Å². The average Bonchev–Trinajstić information content (AvgIpc) is 2.51. The molecule has 3 nitrogen and oxygen atoms in total. The number of nitrogens with zero attached hydrogens (tertiary/aromatic N) is 1. The molecule has 1 aromatic carbocycles. The van der Waals surface area contributed by atoms with E-state index in [1.165, 1.54) is 0 Å². The summed E-state index contributed by atoms with van der Waals surface area (Å²) >= 11 is 0. The number of fused-ring (bicyclic) bond motifs is 1. The summed E-state index contributed by atoms with van der Waals surface area (Å²) in [5.74, 6) is 0.833. The first kappa shape index (κ1) is 10.7. The minimum atomic E-state index is -0.552. The van der Waals surface area contributed by atoms with Gasteiger partial charge in [0.25, 0.3) is 0 Å². The van der Waals surface area contributed by atoms with Crippen LogP contribution >= 0.6 is 0 Å². The van der Waals surface area contributed by atoms with E-state index in [9.17, 15) is 4.79 Å². The first-order valence-electron chi connectivity index (χ1n) is 5.19.